The molecule has 2 N–H and O–H groups in total. The van der Waals surface area contributed by atoms with Gasteiger partial charge in [-0.2, -0.15) is 0 Å². The van der Waals surface area contributed by atoms with Crippen LogP contribution in [0.5, 0.6) is 11.6 Å². The summed E-state index contributed by atoms with van der Waals surface area (Å²) >= 11 is 0. The summed E-state index contributed by atoms with van der Waals surface area (Å²) in [6.07, 6.45) is 6.83. The van der Waals surface area contributed by atoms with Gasteiger partial charge >= 0.3 is 0 Å². The van der Waals surface area contributed by atoms with Gasteiger partial charge in [-0.1, -0.05) is 0 Å². The molecule has 9 nitrogen and oxygen atoms in total. The number of rotatable bonds is 10. The quantitative estimate of drug-likeness (QED) is 0.358. The summed E-state index contributed by atoms with van der Waals surface area (Å²) in [7, 11) is 1.55. The maximum atomic E-state index is 14.8. The van der Waals surface area contributed by atoms with Crippen molar-refractivity contribution < 1.29 is 23.4 Å². The number of carbonyl (C=O) groups is 1. The second-order valence-corrected chi connectivity index (χ2v) is 11.5. The van der Waals surface area contributed by atoms with Crippen molar-refractivity contribution in [2.75, 3.05) is 19.0 Å². The minimum Gasteiger partial charge on any atom is -0.484 e. The second kappa shape index (κ2) is 10.7. The number of hydrogen-bond donors (Lipinski definition) is 2. The summed E-state index contributed by atoms with van der Waals surface area (Å²) in [5, 5.41) is 6.33. The number of aromatic nitrogens is 3. The van der Waals surface area contributed by atoms with E-state index in [1.165, 1.54) is 6.20 Å². The molecule has 6 rings (SSSR count). The molecule has 2 saturated heterocycles. The monoisotopic (exact) mass is 537 g/mol. The van der Waals surface area contributed by atoms with Crippen LogP contribution in [0.15, 0.2) is 30.5 Å². The number of nitrogens with one attached hydrogen (secondary N) is 2. The van der Waals surface area contributed by atoms with Gasteiger partial charge < -0.3 is 24.8 Å². The molecule has 3 fully saturated rings. The van der Waals surface area contributed by atoms with Crippen molar-refractivity contribution in [1.82, 2.24) is 20.3 Å². The zero-order valence-electron chi connectivity index (χ0n) is 23.0. The molecular formula is C29H36FN5O4. The van der Waals surface area contributed by atoms with Crippen molar-refractivity contribution in [3.05, 3.63) is 47.5 Å². The zero-order chi connectivity index (χ0) is 27.7. The van der Waals surface area contributed by atoms with Crippen molar-refractivity contribution in [2.45, 2.75) is 82.6 Å². The average molecular weight is 538 g/mol. The Kier molecular flexibility index (Phi) is 7.43. The first-order valence-corrected chi connectivity index (χ1v) is 13.4. The highest BCUT2D eigenvalue weighted by Gasteiger charge is 2.49. The molecule has 0 spiro atoms. The molecule has 10 heteroatoms. The minimum absolute atomic E-state index is 0.133. The SMILES string of the molecule is COc1ccc2ncc(F)c(CCC34CCC(NCc5ccc(OC(C)(C)C)c(NC=O)n5)(CC3)CO4)c2n1. The molecule has 0 aromatic carbocycles. The van der Waals surface area contributed by atoms with Gasteiger partial charge in [0.05, 0.1) is 42.2 Å². The van der Waals surface area contributed by atoms with Crippen molar-refractivity contribution in [1.29, 1.82) is 0 Å². The number of aryl methyl sites for hydroxylation is 1. The molecule has 39 heavy (non-hydrogen) atoms. The molecule has 3 aromatic heterocycles. The number of halogens is 1. The van der Waals surface area contributed by atoms with E-state index in [-0.39, 0.29) is 17.0 Å². The lowest BCUT2D eigenvalue weighted by molar-refractivity contribution is -0.165. The minimum atomic E-state index is -0.409. The third-order valence-corrected chi connectivity index (χ3v) is 7.72. The molecule has 2 aliphatic heterocycles. The summed E-state index contributed by atoms with van der Waals surface area (Å²) in [6, 6.07) is 7.29. The highest BCUT2D eigenvalue weighted by molar-refractivity contribution is 5.78. The van der Waals surface area contributed by atoms with Gasteiger partial charge in [-0.3, -0.25) is 9.78 Å². The second-order valence-electron chi connectivity index (χ2n) is 11.5. The lowest BCUT2D eigenvalue weighted by Crippen LogP contribution is -2.61. The number of hydrogen-bond acceptors (Lipinski definition) is 8. The molecule has 1 aliphatic carbocycles. The number of pyridine rings is 3. The standard InChI is InChI=1S/C29H36FN5O4/c1-27(2,3)39-23-7-5-19(34-26(23)32-18-36)15-33-28-11-13-29(14-12-28,38-17-28)10-9-20-21(30)16-31-22-6-8-24(37-4)35-25(20)22/h5-8,16,18,33H,9-15,17H2,1-4H3,(H,32,34,36). The molecule has 1 amide bonds. The smallest absolute Gasteiger partial charge is 0.213 e. The van der Waals surface area contributed by atoms with E-state index in [0.29, 0.717) is 60.0 Å². The summed E-state index contributed by atoms with van der Waals surface area (Å²) in [5.74, 6) is 1.03. The number of carbonyl (C=O) groups excluding carboxylic acids is 1. The maximum absolute atomic E-state index is 14.8. The van der Waals surface area contributed by atoms with Crippen LogP contribution in [0, 0.1) is 5.82 Å². The van der Waals surface area contributed by atoms with Crippen LogP contribution in [0.2, 0.25) is 0 Å². The molecule has 2 bridgehead atoms. The number of fused-ring (bicyclic) bond motifs is 4. The van der Waals surface area contributed by atoms with Crippen LogP contribution in [0.1, 0.15) is 64.1 Å². The van der Waals surface area contributed by atoms with E-state index in [2.05, 4.69) is 25.6 Å². The Morgan fingerprint density at radius 3 is 2.59 bits per heavy atom. The molecule has 0 atom stereocenters. The van der Waals surface area contributed by atoms with E-state index >= 15 is 0 Å². The highest BCUT2D eigenvalue weighted by atomic mass is 19.1. The maximum Gasteiger partial charge on any atom is 0.213 e. The van der Waals surface area contributed by atoms with E-state index in [4.69, 9.17) is 14.2 Å². The van der Waals surface area contributed by atoms with Gasteiger partial charge in [-0.05, 0) is 77.5 Å². The van der Waals surface area contributed by atoms with Gasteiger partial charge in [0, 0.05) is 23.7 Å². The number of amides is 1. The van der Waals surface area contributed by atoms with E-state index < -0.39 is 5.60 Å². The first kappa shape index (κ1) is 27.2. The van der Waals surface area contributed by atoms with Crippen LogP contribution >= 0.6 is 0 Å². The number of ether oxygens (including phenoxy) is 3. The van der Waals surface area contributed by atoms with Crippen LogP contribution in [0.4, 0.5) is 10.2 Å². The lowest BCUT2D eigenvalue weighted by atomic mass is 9.69. The molecule has 3 aromatic rings. The number of methoxy groups -OCH3 is 1. The van der Waals surface area contributed by atoms with Gasteiger partial charge in [0.25, 0.3) is 0 Å². The summed E-state index contributed by atoms with van der Waals surface area (Å²) in [6.45, 7) is 6.97. The Balaban J connectivity index is 1.22. The van der Waals surface area contributed by atoms with Crippen LogP contribution in [0.3, 0.4) is 0 Å². The first-order valence-electron chi connectivity index (χ1n) is 13.4. The van der Waals surface area contributed by atoms with Gasteiger partial charge in [-0.25, -0.2) is 14.4 Å². The molecular weight excluding hydrogens is 501 g/mol. The normalized spacial score (nSPS) is 22.6. The molecule has 0 unspecified atom stereocenters. The van der Waals surface area contributed by atoms with E-state index in [1.54, 1.807) is 19.2 Å². The van der Waals surface area contributed by atoms with Gasteiger partial charge in [-0.15, -0.1) is 0 Å². The topological polar surface area (TPSA) is 107 Å². The van der Waals surface area contributed by atoms with Crippen LogP contribution in [-0.4, -0.2) is 51.8 Å². The average Bonchev–Trinajstić information content (AvgIpc) is 2.93. The Morgan fingerprint density at radius 2 is 1.92 bits per heavy atom. The number of nitrogens with zero attached hydrogens (tertiary/aromatic N) is 3. The van der Waals surface area contributed by atoms with Crippen LogP contribution < -0.4 is 20.1 Å². The fourth-order valence-electron chi connectivity index (χ4n) is 5.53. The van der Waals surface area contributed by atoms with Crippen LogP contribution in [-0.2, 0) is 22.5 Å². The van der Waals surface area contributed by atoms with E-state index in [9.17, 15) is 9.18 Å². The Bertz CT molecular complexity index is 1330. The van der Waals surface area contributed by atoms with Crippen molar-refractivity contribution in [2.24, 2.45) is 0 Å². The fourth-order valence-corrected chi connectivity index (χ4v) is 5.53. The molecule has 208 valence electrons. The van der Waals surface area contributed by atoms with Gasteiger partial charge in [0.2, 0.25) is 12.3 Å². The fraction of sp³-hybridized carbons (Fsp3) is 0.517. The Morgan fingerprint density at radius 1 is 1.13 bits per heavy atom. The molecule has 1 saturated carbocycles. The zero-order valence-corrected chi connectivity index (χ0v) is 23.0. The van der Waals surface area contributed by atoms with Crippen LogP contribution in [0.25, 0.3) is 11.0 Å². The van der Waals surface area contributed by atoms with Crippen molar-refractivity contribution >= 4 is 23.3 Å². The van der Waals surface area contributed by atoms with E-state index in [0.717, 1.165) is 37.8 Å². The molecule has 0 radical (unpaired) electrons. The summed E-state index contributed by atoms with van der Waals surface area (Å²) < 4.78 is 32.5. The van der Waals surface area contributed by atoms with Crippen molar-refractivity contribution in [3.63, 3.8) is 0 Å². The largest absolute Gasteiger partial charge is 0.484 e. The summed E-state index contributed by atoms with van der Waals surface area (Å²) in [5.41, 5.74) is 1.75. The predicted molar refractivity (Wildman–Crippen MR) is 145 cm³/mol. The first-order chi connectivity index (χ1) is 18.6. The third kappa shape index (κ3) is 5.96. The van der Waals surface area contributed by atoms with Gasteiger partial charge in [0.1, 0.15) is 11.4 Å². The lowest BCUT2D eigenvalue weighted by Gasteiger charge is -2.53. The Hall–Kier alpha value is -3.37. The highest BCUT2D eigenvalue weighted by Crippen LogP contribution is 2.46. The summed E-state index contributed by atoms with van der Waals surface area (Å²) in [4.78, 5) is 24.4. The predicted octanol–water partition coefficient (Wildman–Crippen LogP) is 4.72. The molecule has 3 aliphatic rings. The Labute approximate surface area is 227 Å². The van der Waals surface area contributed by atoms with Crippen molar-refractivity contribution in [3.8, 4) is 11.6 Å². The molecule has 5 heterocycles. The number of anilines is 1. The van der Waals surface area contributed by atoms with E-state index in [1.807, 2.05) is 32.9 Å². The van der Waals surface area contributed by atoms with Gasteiger partial charge in [0.15, 0.2) is 11.6 Å². The third-order valence-electron chi connectivity index (χ3n) is 7.72.